The molecule has 0 atom stereocenters. The predicted octanol–water partition coefficient (Wildman–Crippen LogP) is 3.17. The topological polar surface area (TPSA) is 74.6 Å². The molecule has 106 valence electrons. The fourth-order valence-electron chi connectivity index (χ4n) is 0.854. The lowest BCUT2D eigenvalue weighted by Gasteiger charge is -1.93. The maximum Gasteiger partial charge on any atom is 0.394 e. The molecule has 0 aromatic heterocycles. The minimum atomic E-state index is -4.67. The third-order valence-corrected chi connectivity index (χ3v) is 1.46. The number of hydrogen-bond acceptors (Lipinski definition) is 2. The molecule has 0 heterocycles. The van der Waals surface area contributed by atoms with E-state index in [1.54, 1.807) is 0 Å². The molecule has 0 aliphatic heterocycles. The van der Waals surface area contributed by atoms with E-state index in [1.807, 2.05) is 0 Å². The zero-order valence-corrected chi connectivity index (χ0v) is 10.4. The number of hydrogen-bond donors (Lipinski definition) is 2. The molecular formula is C8H23F3O4S. The Labute approximate surface area is 95.1 Å². The zero-order chi connectivity index (χ0) is 10.7. The third-order valence-electron chi connectivity index (χ3n) is 1.46. The highest BCUT2D eigenvalue weighted by Crippen LogP contribution is 2.03. The first-order valence-electron chi connectivity index (χ1n) is 4.61. The van der Waals surface area contributed by atoms with Crippen LogP contribution in [-0.2, 0) is 10.4 Å². The minimum absolute atomic E-state index is 0. The van der Waals surface area contributed by atoms with Crippen molar-refractivity contribution in [2.45, 2.75) is 52.4 Å². The van der Waals surface area contributed by atoms with E-state index in [9.17, 15) is 0 Å². The second-order valence-electron chi connectivity index (χ2n) is 2.86. The molecule has 0 amide bonds. The van der Waals surface area contributed by atoms with Gasteiger partial charge in [-0.25, -0.2) is 0 Å². The lowest BCUT2D eigenvalue weighted by atomic mass is 10.1. The second-order valence-corrected chi connectivity index (χ2v) is 3.76. The highest BCUT2D eigenvalue weighted by molar-refractivity contribution is 7.79. The van der Waals surface area contributed by atoms with Gasteiger partial charge in [0.2, 0.25) is 0 Å². The van der Waals surface area contributed by atoms with Gasteiger partial charge in [-0.2, -0.15) is 8.42 Å². The SMILES string of the molecule is CCCCCCCC.F.F.F.O=S(=O)(O)O. The summed E-state index contributed by atoms with van der Waals surface area (Å²) in [6.07, 6.45) is 8.49. The minimum Gasteiger partial charge on any atom is -0.269 e. The molecular weight excluding hydrogens is 249 g/mol. The van der Waals surface area contributed by atoms with Crippen LogP contribution in [0.25, 0.3) is 0 Å². The summed E-state index contributed by atoms with van der Waals surface area (Å²) in [6.45, 7) is 4.51. The molecule has 8 heteroatoms. The summed E-state index contributed by atoms with van der Waals surface area (Å²) < 4.78 is 31.6. The Morgan fingerprint density at radius 3 is 1.06 bits per heavy atom. The van der Waals surface area contributed by atoms with Crippen molar-refractivity contribution in [3.05, 3.63) is 0 Å². The zero-order valence-electron chi connectivity index (χ0n) is 9.59. The van der Waals surface area contributed by atoms with Gasteiger partial charge in [0.1, 0.15) is 0 Å². The van der Waals surface area contributed by atoms with Gasteiger partial charge in [0.25, 0.3) is 0 Å². The van der Waals surface area contributed by atoms with E-state index in [0.29, 0.717) is 0 Å². The van der Waals surface area contributed by atoms with Crippen LogP contribution in [-0.4, -0.2) is 17.5 Å². The van der Waals surface area contributed by atoms with Crippen molar-refractivity contribution in [1.29, 1.82) is 0 Å². The van der Waals surface area contributed by atoms with Gasteiger partial charge in [-0.1, -0.05) is 52.4 Å². The Kier molecular flexibility index (Phi) is 37.2. The maximum absolute atomic E-state index is 8.74. The summed E-state index contributed by atoms with van der Waals surface area (Å²) in [5, 5.41) is 0. The van der Waals surface area contributed by atoms with Gasteiger partial charge in [0.05, 0.1) is 0 Å². The lowest BCUT2D eigenvalue weighted by Crippen LogP contribution is -1.89. The maximum atomic E-state index is 8.74. The van der Waals surface area contributed by atoms with E-state index in [1.165, 1.54) is 38.5 Å². The van der Waals surface area contributed by atoms with Gasteiger partial charge in [0, 0.05) is 0 Å². The monoisotopic (exact) mass is 272 g/mol. The quantitative estimate of drug-likeness (QED) is 0.595. The normalized spacial score (nSPS) is 8.50. The molecule has 0 unspecified atom stereocenters. The fraction of sp³-hybridized carbons (Fsp3) is 1.00. The van der Waals surface area contributed by atoms with Crippen LogP contribution in [0.2, 0.25) is 0 Å². The van der Waals surface area contributed by atoms with Crippen molar-refractivity contribution in [2.24, 2.45) is 0 Å². The third kappa shape index (κ3) is 101. The molecule has 0 saturated carbocycles. The molecule has 0 aromatic rings. The van der Waals surface area contributed by atoms with Crippen molar-refractivity contribution in [2.75, 3.05) is 0 Å². The highest BCUT2D eigenvalue weighted by atomic mass is 32.3. The van der Waals surface area contributed by atoms with Gasteiger partial charge in [-0.05, 0) is 0 Å². The van der Waals surface area contributed by atoms with Crippen molar-refractivity contribution >= 4 is 10.4 Å². The first-order valence-corrected chi connectivity index (χ1v) is 6.01. The number of unbranched alkanes of at least 4 members (excludes halogenated alkanes) is 5. The average Bonchev–Trinajstić information content (AvgIpc) is 1.95. The molecule has 0 radical (unpaired) electrons. The Bertz CT molecular complexity index is 172. The van der Waals surface area contributed by atoms with Crippen molar-refractivity contribution in [1.82, 2.24) is 0 Å². The van der Waals surface area contributed by atoms with Crippen LogP contribution in [0.15, 0.2) is 0 Å². The van der Waals surface area contributed by atoms with Crippen LogP contribution in [0.4, 0.5) is 14.1 Å². The summed E-state index contributed by atoms with van der Waals surface area (Å²) in [5.41, 5.74) is 0. The van der Waals surface area contributed by atoms with E-state index in [0.717, 1.165) is 0 Å². The molecule has 0 aliphatic carbocycles. The largest absolute Gasteiger partial charge is 0.394 e. The molecule has 0 spiro atoms. The Hall–Kier alpha value is -0.340. The molecule has 0 bridgehead atoms. The molecule has 0 saturated heterocycles. The van der Waals surface area contributed by atoms with E-state index in [2.05, 4.69) is 13.8 Å². The molecule has 0 fully saturated rings. The van der Waals surface area contributed by atoms with Crippen LogP contribution in [0.1, 0.15) is 52.4 Å². The standard InChI is InChI=1S/C8H18.3FH.H2O4S/c1-3-5-7-8-6-4-2;;;;1-5(2,3)4/h3-8H2,1-2H3;3*1H;(H2,1,2,3,4). The number of rotatable bonds is 5. The molecule has 0 rings (SSSR count). The van der Waals surface area contributed by atoms with Gasteiger partial charge in [-0.15, -0.1) is 0 Å². The van der Waals surface area contributed by atoms with E-state index >= 15 is 0 Å². The van der Waals surface area contributed by atoms with Crippen molar-refractivity contribution in [3.63, 3.8) is 0 Å². The van der Waals surface area contributed by atoms with Crippen LogP contribution >= 0.6 is 0 Å². The second kappa shape index (κ2) is 20.1. The Balaban J connectivity index is -0.0000000454. The first kappa shape index (κ1) is 29.6. The van der Waals surface area contributed by atoms with E-state index in [4.69, 9.17) is 17.5 Å². The van der Waals surface area contributed by atoms with Gasteiger partial charge >= 0.3 is 10.4 Å². The summed E-state index contributed by atoms with van der Waals surface area (Å²) in [4.78, 5) is 0. The van der Waals surface area contributed by atoms with Crippen molar-refractivity contribution < 1.29 is 31.6 Å². The fourth-order valence-corrected chi connectivity index (χ4v) is 0.854. The molecule has 0 aromatic carbocycles. The van der Waals surface area contributed by atoms with Crippen LogP contribution < -0.4 is 0 Å². The van der Waals surface area contributed by atoms with Gasteiger partial charge in [0.15, 0.2) is 0 Å². The van der Waals surface area contributed by atoms with Crippen molar-refractivity contribution in [3.8, 4) is 0 Å². The van der Waals surface area contributed by atoms with Crippen LogP contribution in [0, 0.1) is 0 Å². The lowest BCUT2D eigenvalue weighted by molar-refractivity contribution is 0.381. The summed E-state index contributed by atoms with van der Waals surface area (Å²) >= 11 is 0. The first-order chi connectivity index (χ1) is 5.91. The van der Waals surface area contributed by atoms with Crippen LogP contribution in [0.5, 0.6) is 0 Å². The van der Waals surface area contributed by atoms with E-state index in [-0.39, 0.29) is 14.1 Å². The summed E-state index contributed by atoms with van der Waals surface area (Å²) in [5.74, 6) is 0. The average molecular weight is 272 g/mol. The van der Waals surface area contributed by atoms with E-state index < -0.39 is 10.4 Å². The number of halogens is 3. The molecule has 0 aliphatic rings. The Morgan fingerprint density at radius 2 is 0.938 bits per heavy atom. The molecule has 4 nitrogen and oxygen atoms in total. The molecule has 2 N–H and O–H groups in total. The summed E-state index contributed by atoms with van der Waals surface area (Å²) in [7, 11) is -4.67. The van der Waals surface area contributed by atoms with Gasteiger partial charge < -0.3 is 0 Å². The Morgan fingerprint density at radius 1 is 0.750 bits per heavy atom. The van der Waals surface area contributed by atoms with Crippen LogP contribution in [0.3, 0.4) is 0 Å². The van der Waals surface area contributed by atoms with Gasteiger partial charge in [-0.3, -0.25) is 23.2 Å². The predicted molar refractivity (Wildman–Crippen MR) is 60.7 cm³/mol. The highest BCUT2D eigenvalue weighted by Gasteiger charge is 1.84. The summed E-state index contributed by atoms with van der Waals surface area (Å²) in [6, 6.07) is 0. The smallest absolute Gasteiger partial charge is 0.269 e. The molecule has 16 heavy (non-hydrogen) atoms.